The number of carbonyl (C=O) groups is 1. The second kappa shape index (κ2) is 8.26. The van der Waals surface area contributed by atoms with E-state index >= 15 is 0 Å². The average Bonchev–Trinajstić information content (AvgIpc) is 2.90. The summed E-state index contributed by atoms with van der Waals surface area (Å²) in [5.74, 6) is 0.471. The monoisotopic (exact) mass is 349 g/mol. The van der Waals surface area contributed by atoms with Gasteiger partial charge in [-0.2, -0.15) is 10.5 Å². The molecule has 1 aliphatic heterocycles. The summed E-state index contributed by atoms with van der Waals surface area (Å²) in [6.07, 6.45) is 4.31. The molecule has 7 nitrogen and oxygen atoms in total. The van der Waals surface area contributed by atoms with Crippen LogP contribution in [-0.2, 0) is 24.2 Å². The van der Waals surface area contributed by atoms with Gasteiger partial charge < -0.3 is 9.30 Å². The third-order valence-corrected chi connectivity index (χ3v) is 4.44. The lowest BCUT2D eigenvalue weighted by atomic mass is 10.1. The first-order chi connectivity index (χ1) is 12.7. The molecule has 0 radical (unpaired) electrons. The number of fused-ring (bicyclic) bond motifs is 1. The third kappa shape index (κ3) is 3.89. The van der Waals surface area contributed by atoms with E-state index in [1.165, 1.54) is 0 Å². The largest absolute Gasteiger partial charge is 0.486 e. The minimum absolute atomic E-state index is 0.210. The van der Waals surface area contributed by atoms with E-state index < -0.39 is 5.92 Å². The maximum absolute atomic E-state index is 12.5. The van der Waals surface area contributed by atoms with Gasteiger partial charge in [0.2, 0.25) is 0 Å². The van der Waals surface area contributed by atoms with Gasteiger partial charge in [0.1, 0.15) is 18.2 Å². The van der Waals surface area contributed by atoms with Crippen LogP contribution in [0.25, 0.3) is 0 Å². The number of aryl methyl sites for hydroxylation is 1. The third-order valence-electron chi connectivity index (χ3n) is 4.44. The van der Waals surface area contributed by atoms with Crippen molar-refractivity contribution in [3.63, 3.8) is 0 Å². The van der Waals surface area contributed by atoms with E-state index in [-0.39, 0.29) is 12.4 Å². The highest BCUT2D eigenvalue weighted by molar-refractivity contribution is 5.88. The lowest BCUT2D eigenvalue weighted by molar-refractivity contribution is -0.121. The molecule has 0 saturated carbocycles. The van der Waals surface area contributed by atoms with Crippen molar-refractivity contribution in [3.8, 4) is 17.9 Å². The van der Waals surface area contributed by atoms with Gasteiger partial charge in [0.25, 0.3) is 0 Å². The topological polar surface area (TPSA) is 105 Å². The lowest BCUT2D eigenvalue weighted by Gasteiger charge is -2.12. The summed E-state index contributed by atoms with van der Waals surface area (Å²) in [6.45, 7) is 0.530. The molecular formula is C19H19N5O2. The first-order valence-corrected chi connectivity index (χ1v) is 8.66. The first-order valence-electron chi connectivity index (χ1n) is 8.66. The number of rotatable bonds is 6. The quantitative estimate of drug-likeness (QED) is 0.792. The van der Waals surface area contributed by atoms with Gasteiger partial charge in [-0.15, -0.1) is 10.2 Å². The van der Waals surface area contributed by atoms with Crippen molar-refractivity contribution in [1.82, 2.24) is 14.8 Å². The van der Waals surface area contributed by atoms with Gasteiger partial charge in [-0.25, -0.2) is 0 Å². The van der Waals surface area contributed by atoms with Gasteiger partial charge in [-0.1, -0.05) is 18.6 Å². The molecule has 2 aromatic rings. The molecule has 1 aliphatic rings. The van der Waals surface area contributed by atoms with Crippen LogP contribution < -0.4 is 4.74 Å². The van der Waals surface area contributed by atoms with Crippen LogP contribution in [-0.4, -0.2) is 27.2 Å². The second-order valence-corrected chi connectivity index (χ2v) is 6.23. The van der Waals surface area contributed by atoms with E-state index in [2.05, 4.69) is 16.3 Å². The molecule has 1 aromatic carbocycles. The van der Waals surface area contributed by atoms with Crippen LogP contribution in [0.15, 0.2) is 24.3 Å². The van der Waals surface area contributed by atoms with Gasteiger partial charge in [0.15, 0.2) is 17.5 Å². The van der Waals surface area contributed by atoms with Crippen LogP contribution >= 0.6 is 0 Å². The van der Waals surface area contributed by atoms with Gasteiger partial charge in [0.05, 0.1) is 18.6 Å². The van der Waals surface area contributed by atoms with Crippen LogP contribution in [0.2, 0.25) is 0 Å². The van der Waals surface area contributed by atoms with Crippen LogP contribution in [0.4, 0.5) is 0 Å². The molecule has 0 aliphatic carbocycles. The van der Waals surface area contributed by atoms with Crippen molar-refractivity contribution in [2.45, 2.75) is 44.6 Å². The van der Waals surface area contributed by atoms with E-state index in [0.717, 1.165) is 43.6 Å². The summed E-state index contributed by atoms with van der Waals surface area (Å²) >= 11 is 0. The number of nitrogens with zero attached hydrogens (tertiary/aromatic N) is 5. The van der Waals surface area contributed by atoms with Crippen molar-refractivity contribution >= 4 is 5.78 Å². The lowest BCUT2D eigenvalue weighted by Crippen LogP contribution is -2.22. The smallest absolute Gasteiger partial charge is 0.195 e. The molecule has 0 N–H and O–H groups in total. The number of aromatic nitrogens is 3. The molecule has 0 unspecified atom stereocenters. The Morgan fingerprint density at radius 2 is 2.00 bits per heavy atom. The van der Waals surface area contributed by atoms with Crippen LogP contribution in [0, 0.1) is 22.7 Å². The molecule has 1 atom stereocenters. The molecule has 0 amide bonds. The zero-order valence-electron chi connectivity index (χ0n) is 14.4. The molecule has 0 fully saturated rings. The molecule has 7 heteroatoms. The number of hydrogen-bond donors (Lipinski definition) is 0. The number of ether oxygens (including phenoxy) is 1. The van der Waals surface area contributed by atoms with Crippen LogP contribution in [0.5, 0.6) is 5.75 Å². The Bertz CT molecular complexity index is 858. The Balaban J connectivity index is 1.67. The summed E-state index contributed by atoms with van der Waals surface area (Å²) < 4.78 is 7.42. The molecule has 26 heavy (non-hydrogen) atoms. The maximum Gasteiger partial charge on any atom is 0.195 e. The van der Waals surface area contributed by atoms with Gasteiger partial charge in [0, 0.05) is 13.0 Å². The summed E-state index contributed by atoms with van der Waals surface area (Å²) in [5.41, 5.74) is 0.882. The fraction of sp³-hybridized carbons (Fsp3) is 0.421. The summed E-state index contributed by atoms with van der Waals surface area (Å²) in [4.78, 5) is 12.5. The van der Waals surface area contributed by atoms with Gasteiger partial charge in [-0.05, 0) is 30.5 Å². The zero-order chi connectivity index (χ0) is 18.4. The van der Waals surface area contributed by atoms with Crippen molar-refractivity contribution in [2.24, 2.45) is 0 Å². The second-order valence-electron chi connectivity index (χ2n) is 6.23. The van der Waals surface area contributed by atoms with E-state index in [1.54, 1.807) is 24.3 Å². The van der Waals surface area contributed by atoms with Crippen molar-refractivity contribution in [2.75, 3.05) is 6.61 Å². The Kier molecular flexibility index (Phi) is 5.60. The van der Waals surface area contributed by atoms with Crippen molar-refractivity contribution in [3.05, 3.63) is 41.5 Å². The fourth-order valence-corrected chi connectivity index (χ4v) is 3.03. The van der Waals surface area contributed by atoms with Crippen LogP contribution in [0.3, 0.4) is 0 Å². The van der Waals surface area contributed by atoms with Crippen LogP contribution in [0.1, 0.15) is 42.4 Å². The number of ketones is 1. The minimum atomic E-state index is -0.979. The minimum Gasteiger partial charge on any atom is -0.486 e. The molecule has 2 heterocycles. The van der Waals surface area contributed by atoms with E-state index in [1.807, 2.05) is 10.6 Å². The molecule has 1 aromatic heterocycles. The molecular weight excluding hydrogens is 330 g/mol. The normalized spacial score (nSPS) is 14.4. The molecule has 132 valence electrons. The Morgan fingerprint density at radius 3 is 2.73 bits per heavy atom. The summed E-state index contributed by atoms with van der Waals surface area (Å²) in [6, 6.07) is 11.1. The number of nitriles is 2. The summed E-state index contributed by atoms with van der Waals surface area (Å²) in [5, 5.41) is 26.4. The van der Waals surface area contributed by atoms with Gasteiger partial charge in [-0.3, -0.25) is 4.79 Å². The van der Waals surface area contributed by atoms with E-state index in [4.69, 9.17) is 10.00 Å². The van der Waals surface area contributed by atoms with E-state index in [0.29, 0.717) is 18.0 Å². The highest BCUT2D eigenvalue weighted by Crippen LogP contribution is 2.21. The Labute approximate surface area is 151 Å². The molecule has 0 saturated heterocycles. The Morgan fingerprint density at radius 1 is 1.19 bits per heavy atom. The first kappa shape index (κ1) is 17.6. The number of carbonyl (C=O) groups excluding carboxylic acids is 1. The highest BCUT2D eigenvalue weighted by Gasteiger charge is 2.28. The van der Waals surface area contributed by atoms with Gasteiger partial charge >= 0.3 is 0 Å². The van der Waals surface area contributed by atoms with Crippen molar-refractivity contribution < 1.29 is 9.53 Å². The SMILES string of the molecule is N#CCc1ccc(OCC(=O)[C@@H](C#N)c2nnc3n2CCCCC3)cc1. The fourth-order valence-electron chi connectivity index (χ4n) is 3.03. The predicted molar refractivity (Wildman–Crippen MR) is 92.2 cm³/mol. The molecule has 0 bridgehead atoms. The molecule has 3 rings (SSSR count). The zero-order valence-corrected chi connectivity index (χ0v) is 14.4. The Hall–Kier alpha value is -3.19. The number of benzene rings is 1. The highest BCUT2D eigenvalue weighted by atomic mass is 16.5. The standard InChI is InChI=1S/C19H19N5O2/c20-10-9-14-5-7-15(8-6-14)26-13-17(25)16(12-21)19-23-22-18-4-2-1-3-11-24(18)19/h5-8,16H,1-4,9,11,13H2/t16-/m1/s1. The van der Waals surface area contributed by atoms with E-state index in [9.17, 15) is 10.1 Å². The average molecular weight is 349 g/mol. The summed E-state index contributed by atoms with van der Waals surface area (Å²) in [7, 11) is 0. The number of Topliss-reactive ketones (excluding diaryl/α,β-unsaturated/α-hetero) is 1. The molecule has 0 spiro atoms. The number of hydrogen-bond acceptors (Lipinski definition) is 6. The predicted octanol–water partition coefficient (Wildman–Crippen LogP) is 2.33. The van der Waals surface area contributed by atoms with Crippen molar-refractivity contribution in [1.29, 1.82) is 10.5 Å². The maximum atomic E-state index is 12.5.